The Bertz CT molecular complexity index is 691. The van der Waals surface area contributed by atoms with Gasteiger partial charge in [0.25, 0.3) is 5.95 Å². The summed E-state index contributed by atoms with van der Waals surface area (Å²) in [7, 11) is 0. The van der Waals surface area contributed by atoms with E-state index >= 15 is 0 Å². The summed E-state index contributed by atoms with van der Waals surface area (Å²) >= 11 is 0. The molecule has 2 aliphatic heterocycles. The molecule has 0 spiro atoms. The van der Waals surface area contributed by atoms with Gasteiger partial charge in [0.1, 0.15) is 11.7 Å². The van der Waals surface area contributed by atoms with Crippen LogP contribution in [0.1, 0.15) is 60.3 Å². The van der Waals surface area contributed by atoms with Crippen LogP contribution < -0.4 is 0 Å². The van der Waals surface area contributed by atoms with E-state index in [2.05, 4.69) is 20.4 Å². The van der Waals surface area contributed by atoms with Crippen molar-refractivity contribution in [3.8, 4) is 0 Å². The van der Waals surface area contributed by atoms with Gasteiger partial charge >= 0.3 is 5.97 Å². The number of carbonyl (C=O) groups excluding carboxylic acids is 1. The summed E-state index contributed by atoms with van der Waals surface area (Å²) in [6.45, 7) is 13.6. The number of rotatable bonds is 3. The molecule has 144 valence electrons. The maximum Gasteiger partial charge on any atom is 0.309 e. The Labute approximate surface area is 155 Å². The first-order valence-corrected chi connectivity index (χ1v) is 9.44. The number of carboxylic acid groups (broad SMARTS) is 1. The minimum Gasteiger partial charge on any atom is -0.481 e. The van der Waals surface area contributed by atoms with Gasteiger partial charge in [0, 0.05) is 12.3 Å². The van der Waals surface area contributed by atoms with Crippen LogP contribution in [-0.2, 0) is 19.1 Å². The number of ketones is 1. The van der Waals surface area contributed by atoms with Crippen molar-refractivity contribution < 1.29 is 24.2 Å². The van der Waals surface area contributed by atoms with Crippen LogP contribution in [0.2, 0.25) is 0 Å². The molecule has 0 aromatic heterocycles. The van der Waals surface area contributed by atoms with Crippen LogP contribution in [-0.4, -0.2) is 28.6 Å². The van der Waals surface area contributed by atoms with E-state index in [0.717, 1.165) is 12.8 Å². The van der Waals surface area contributed by atoms with Gasteiger partial charge in [0.2, 0.25) is 0 Å². The second kappa shape index (κ2) is 5.86. The number of ether oxygens (including phenoxy) is 2. The SMILES string of the molecule is C=C[C@@]1(C)[C@@H](C(C)(C)C(=O)O)CC[C@@]2(C)OC3=C(C[C@@H]12)C(=O)C[C@@H](C)O3. The molecular weight excluding hydrogens is 332 g/mol. The molecule has 1 N–H and O–H groups in total. The Morgan fingerprint density at radius 1 is 1.35 bits per heavy atom. The van der Waals surface area contributed by atoms with Crippen molar-refractivity contribution in [3.63, 3.8) is 0 Å². The highest BCUT2D eigenvalue weighted by molar-refractivity contribution is 5.96. The molecule has 5 heteroatoms. The molecule has 0 aromatic rings. The number of hydrogen-bond acceptors (Lipinski definition) is 4. The van der Waals surface area contributed by atoms with Gasteiger partial charge in [-0.1, -0.05) is 13.0 Å². The van der Waals surface area contributed by atoms with Crippen molar-refractivity contribution in [2.45, 2.75) is 72.0 Å². The van der Waals surface area contributed by atoms with Crippen molar-refractivity contribution in [2.24, 2.45) is 22.7 Å². The van der Waals surface area contributed by atoms with Crippen LogP contribution in [0, 0.1) is 22.7 Å². The van der Waals surface area contributed by atoms with Gasteiger partial charge in [-0.25, -0.2) is 0 Å². The lowest BCUT2D eigenvalue weighted by Gasteiger charge is -2.59. The van der Waals surface area contributed by atoms with Crippen molar-refractivity contribution >= 4 is 11.8 Å². The molecule has 0 unspecified atom stereocenters. The molecule has 0 bridgehead atoms. The van der Waals surface area contributed by atoms with Crippen molar-refractivity contribution in [1.29, 1.82) is 0 Å². The summed E-state index contributed by atoms with van der Waals surface area (Å²) in [5.74, 6) is -0.458. The summed E-state index contributed by atoms with van der Waals surface area (Å²) in [5.41, 5.74) is -1.23. The second-order valence-electron chi connectivity index (χ2n) is 9.18. The van der Waals surface area contributed by atoms with Crippen LogP contribution in [0.3, 0.4) is 0 Å². The smallest absolute Gasteiger partial charge is 0.309 e. The summed E-state index contributed by atoms with van der Waals surface area (Å²) < 4.78 is 12.1. The molecule has 0 saturated heterocycles. The van der Waals surface area contributed by atoms with Crippen LogP contribution in [0.15, 0.2) is 24.2 Å². The minimum atomic E-state index is -0.888. The van der Waals surface area contributed by atoms with E-state index in [9.17, 15) is 14.7 Å². The molecule has 0 amide bonds. The third-order valence-corrected chi connectivity index (χ3v) is 7.13. The third-order valence-electron chi connectivity index (χ3n) is 7.13. The molecule has 5 nitrogen and oxygen atoms in total. The van der Waals surface area contributed by atoms with Gasteiger partial charge in [0.15, 0.2) is 5.78 Å². The third kappa shape index (κ3) is 2.58. The predicted octanol–water partition coefficient (Wildman–Crippen LogP) is 4.08. The van der Waals surface area contributed by atoms with E-state index in [1.165, 1.54) is 0 Å². The zero-order valence-electron chi connectivity index (χ0n) is 16.4. The molecule has 5 atom stereocenters. The van der Waals surface area contributed by atoms with E-state index in [1.54, 1.807) is 13.8 Å². The molecule has 26 heavy (non-hydrogen) atoms. The first kappa shape index (κ1) is 19.0. The summed E-state index contributed by atoms with van der Waals surface area (Å²) in [5, 5.41) is 9.79. The normalized spacial score (nSPS) is 40.0. The van der Waals surface area contributed by atoms with Crippen LogP contribution in [0.25, 0.3) is 0 Å². The first-order valence-electron chi connectivity index (χ1n) is 9.44. The number of fused-ring (bicyclic) bond motifs is 1. The van der Waals surface area contributed by atoms with E-state index < -0.39 is 22.4 Å². The lowest BCUT2D eigenvalue weighted by molar-refractivity contribution is -0.197. The minimum absolute atomic E-state index is 0.0235. The molecular formula is C21H30O5. The Balaban J connectivity index is 2.05. The molecule has 2 heterocycles. The van der Waals surface area contributed by atoms with E-state index in [4.69, 9.17) is 9.47 Å². The van der Waals surface area contributed by atoms with E-state index in [-0.39, 0.29) is 23.7 Å². The maximum absolute atomic E-state index is 12.6. The number of hydrogen-bond donors (Lipinski definition) is 1. The van der Waals surface area contributed by atoms with E-state index in [0.29, 0.717) is 24.4 Å². The molecule has 0 radical (unpaired) electrons. The molecule has 3 aliphatic rings. The molecule has 3 rings (SSSR count). The van der Waals surface area contributed by atoms with Gasteiger partial charge in [-0.05, 0) is 58.3 Å². The zero-order chi connectivity index (χ0) is 19.5. The van der Waals surface area contributed by atoms with Gasteiger partial charge in [-0.15, -0.1) is 6.58 Å². The topological polar surface area (TPSA) is 72.8 Å². The fourth-order valence-electron chi connectivity index (χ4n) is 5.44. The summed E-state index contributed by atoms with van der Waals surface area (Å²) in [4.78, 5) is 24.5. The number of carbonyl (C=O) groups is 2. The fourth-order valence-corrected chi connectivity index (χ4v) is 5.44. The van der Waals surface area contributed by atoms with E-state index in [1.807, 2.05) is 13.0 Å². The Hall–Kier alpha value is -1.78. The second-order valence-corrected chi connectivity index (χ2v) is 9.18. The van der Waals surface area contributed by atoms with Crippen molar-refractivity contribution in [1.82, 2.24) is 0 Å². The highest BCUT2D eigenvalue weighted by Gasteiger charge is 2.61. The average Bonchev–Trinajstić information content (AvgIpc) is 2.52. The standard InChI is InChI=1S/C21H30O5/c1-7-20(5)15(19(3,4)18(23)24)8-9-21(6)16(20)11-13-14(22)10-12(2)25-17(13)26-21/h7,12,15-16H,1,8-11H2,2-6H3,(H,23,24)/t12-,15-,16+,20+,21-/m1/s1. The number of carboxylic acids is 1. The Morgan fingerprint density at radius 2 is 2.00 bits per heavy atom. The largest absolute Gasteiger partial charge is 0.481 e. The van der Waals surface area contributed by atoms with Gasteiger partial charge in [-0.3, -0.25) is 9.59 Å². The number of allylic oxidation sites excluding steroid dienone is 2. The lowest BCUT2D eigenvalue weighted by atomic mass is 9.48. The number of Topliss-reactive ketones (excluding diaryl/α,β-unsaturated/α-hetero) is 1. The first-order chi connectivity index (χ1) is 12.0. The predicted molar refractivity (Wildman–Crippen MR) is 97.2 cm³/mol. The molecule has 1 saturated carbocycles. The highest BCUT2D eigenvalue weighted by Crippen LogP contribution is 2.61. The molecule has 1 aliphatic carbocycles. The van der Waals surface area contributed by atoms with Gasteiger partial charge < -0.3 is 14.6 Å². The molecule has 1 fully saturated rings. The monoisotopic (exact) mass is 362 g/mol. The lowest BCUT2D eigenvalue weighted by Crippen LogP contribution is -2.59. The quantitative estimate of drug-likeness (QED) is 0.766. The van der Waals surface area contributed by atoms with Gasteiger partial charge in [0.05, 0.1) is 11.0 Å². The van der Waals surface area contributed by atoms with Crippen LogP contribution in [0.5, 0.6) is 0 Å². The Kier molecular flexibility index (Phi) is 4.28. The average molecular weight is 362 g/mol. The van der Waals surface area contributed by atoms with Crippen molar-refractivity contribution in [3.05, 3.63) is 24.2 Å². The summed E-state index contributed by atoms with van der Waals surface area (Å²) in [6, 6.07) is 0. The van der Waals surface area contributed by atoms with Crippen LogP contribution in [0.4, 0.5) is 0 Å². The van der Waals surface area contributed by atoms with Crippen LogP contribution >= 0.6 is 0 Å². The van der Waals surface area contributed by atoms with Crippen molar-refractivity contribution in [2.75, 3.05) is 0 Å². The molecule has 0 aromatic carbocycles. The highest BCUT2D eigenvalue weighted by atomic mass is 16.7. The van der Waals surface area contributed by atoms with Gasteiger partial charge in [-0.2, -0.15) is 0 Å². The Morgan fingerprint density at radius 3 is 2.58 bits per heavy atom. The maximum atomic E-state index is 12.6. The number of aliphatic carboxylic acids is 1. The summed E-state index contributed by atoms with van der Waals surface area (Å²) in [6.07, 6.45) is 4.07. The zero-order valence-corrected chi connectivity index (χ0v) is 16.4. The fraction of sp³-hybridized carbons (Fsp3) is 0.714.